The van der Waals surface area contributed by atoms with Gasteiger partial charge in [0.1, 0.15) is 0 Å². The Morgan fingerprint density at radius 3 is 1.22 bits per heavy atom. The van der Waals surface area contributed by atoms with Gasteiger partial charge in [-0.2, -0.15) is 0 Å². The highest BCUT2D eigenvalue weighted by atomic mass is 14.7. The molecule has 0 unspecified atom stereocenters. The predicted octanol–water partition coefficient (Wildman–Crippen LogP) is 9.99. The van der Waals surface area contributed by atoms with Crippen molar-refractivity contribution in [2.75, 3.05) is 0 Å². The number of aromatic amines is 1. The van der Waals surface area contributed by atoms with E-state index in [-0.39, 0.29) is 0 Å². The molecule has 0 spiro atoms. The third kappa shape index (κ3) is 3.56. The summed E-state index contributed by atoms with van der Waals surface area (Å²) in [5, 5.41) is 2.50. The van der Waals surface area contributed by atoms with Gasteiger partial charge >= 0.3 is 0 Å². The minimum Gasteiger partial charge on any atom is -0.354 e. The standard InChI is InChI=1S/C36H25N/c1-5-15-25(16-6-1)31-32(26-17-7-2-8-18-26)34(28-21-11-4-12-22-28)36-35(29-23-13-14-24-30(29)37-36)33(31)27-19-9-3-10-20-27/h1-24,37H. The van der Waals surface area contributed by atoms with E-state index < -0.39 is 0 Å². The van der Waals surface area contributed by atoms with Crippen molar-refractivity contribution in [2.24, 2.45) is 0 Å². The van der Waals surface area contributed by atoms with Crippen LogP contribution in [0.1, 0.15) is 0 Å². The van der Waals surface area contributed by atoms with Gasteiger partial charge < -0.3 is 4.98 Å². The summed E-state index contributed by atoms with van der Waals surface area (Å²) in [5.74, 6) is 0. The molecule has 0 saturated heterocycles. The van der Waals surface area contributed by atoms with Crippen molar-refractivity contribution >= 4 is 21.8 Å². The molecule has 1 N–H and O–H groups in total. The highest BCUT2D eigenvalue weighted by Gasteiger charge is 2.26. The maximum absolute atomic E-state index is 3.84. The van der Waals surface area contributed by atoms with Gasteiger partial charge in [0, 0.05) is 33.0 Å². The molecule has 0 aliphatic heterocycles. The molecule has 0 bridgehead atoms. The lowest BCUT2D eigenvalue weighted by Gasteiger charge is -2.23. The van der Waals surface area contributed by atoms with Crippen LogP contribution in [0.2, 0.25) is 0 Å². The molecule has 0 saturated carbocycles. The van der Waals surface area contributed by atoms with Crippen molar-refractivity contribution in [3.05, 3.63) is 146 Å². The summed E-state index contributed by atoms with van der Waals surface area (Å²) in [6.07, 6.45) is 0. The summed E-state index contributed by atoms with van der Waals surface area (Å²) >= 11 is 0. The lowest BCUT2D eigenvalue weighted by molar-refractivity contribution is 1.52. The summed E-state index contributed by atoms with van der Waals surface area (Å²) < 4.78 is 0. The molecule has 6 aromatic carbocycles. The van der Waals surface area contributed by atoms with Crippen LogP contribution >= 0.6 is 0 Å². The summed E-state index contributed by atoms with van der Waals surface area (Å²) in [7, 11) is 0. The van der Waals surface area contributed by atoms with E-state index in [2.05, 4.69) is 151 Å². The molecular formula is C36H25N. The second kappa shape index (κ2) is 8.96. The Hall–Kier alpha value is -4.88. The molecule has 1 heteroatoms. The second-order valence-electron chi connectivity index (χ2n) is 9.38. The van der Waals surface area contributed by atoms with Crippen LogP contribution in [-0.4, -0.2) is 4.98 Å². The Balaban J connectivity index is 1.81. The molecule has 0 aliphatic carbocycles. The Kier molecular flexibility index (Phi) is 5.19. The molecule has 37 heavy (non-hydrogen) atoms. The molecular weight excluding hydrogens is 446 g/mol. The van der Waals surface area contributed by atoms with Crippen LogP contribution in [0.4, 0.5) is 0 Å². The number of para-hydroxylation sites is 1. The molecule has 1 heterocycles. The zero-order valence-corrected chi connectivity index (χ0v) is 20.4. The summed E-state index contributed by atoms with van der Waals surface area (Å²) in [4.78, 5) is 3.84. The van der Waals surface area contributed by atoms with Crippen LogP contribution in [-0.2, 0) is 0 Å². The van der Waals surface area contributed by atoms with Gasteiger partial charge in [-0.05, 0) is 33.9 Å². The minimum absolute atomic E-state index is 1.15. The first-order chi connectivity index (χ1) is 18.4. The molecule has 174 valence electrons. The van der Waals surface area contributed by atoms with Gasteiger partial charge in [-0.1, -0.05) is 140 Å². The van der Waals surface area contributed by atoms with Crippen LogP contribution in [0.3, 0.4) is 0 Å². The fourth-order valence-corrected chi connectivity index (χ4v) is 5.66. The van der Waals surface area contributed by atoms with Gasteiger partial charge in [-0.3, -0.25) is 0 Å². The number of benzene rings is 6. The lowest BCUT2D eigenvalue weighted by atomic mass is 9.80. The molecule has 0 fully saturated rings. The largest absolute Gasteiger partial charge is 0.354 e. The van der Waals surface area contributed by atoms with Gasteiger partial charge in [-0.25, -0.2) is 0 Å². The van der Waals surface area contributed by atoms with Gasteiger partial charge in [0.05, 0.1) is 5.52 Å². The predicted molar refractivity (Wildman–Crippen MR) is 158 cm³/mol. The van der Waals surface area contributed by atoms with E-state index >= 15 is 0 Å². The number of aromatic nitrogens is 1. The zero-order valence-electron chi connectivity index (χ0n) is 20.4. The second-order valence-corrected chi connectivity index (χ2v) is 9.38. The molecule has 0 radical (unpaired) electrons. The SMILES string of the molecule is c1ccc(-c2c(-c3ccccc3)c(-c3ccccc3)c3c([nH]c4ccccc43)c2-c2ccccc2)cc1. The number of nitrogens with one attached hydrogen (secondary N) is 1. The van der Waals surface area contributed by atoms with E-state index in [1.165, 1.54) is 60.8 Å². The number of rotatable bonds is 4. The molecule has 0 amide bonds. The molecule has 7 rings (SSSR count). The van der Waals surface area contributed by atoms with E-state index in [0.29, 0.717) is 0 Å². The van der Waals surface area contributed by atoms with E-state index in [1.807, 2.05) is 0 Å². The summed E-state index contributed by atoms with van der Waals surface area (Å²) in [6.45, 7) is 0. The van der Waals surface area contributed by atoms with Crippen molar-refractivity contribution in [3.8, 4) is 44.5 Å². The molecule has 1 nitrogen and oxygen atoms in total. The highest BCUT2D eigenvalue weighted by molar-refractivity contribution is 6.25. The van der Waals surface area contributed by atoms with Gasteiger partial charge in [0.25, 0.3) is 0 Å². The van der Waals surface area contributed by atoms with Crippen LogP contribution in [0.25, 0.3) is 66.3 Å². The van der Waals surface area contributed by atoms with Crippen molar-refractivity contribution in [3.63, 3.8) is 0 Å². The quantitative estimate of drug-likeness (QED) is 0.263. The smallest absolute Gasteiger partial charge is 0.0557 e. The van der Waals surface area contributed by atoms with Crippen molar-refractivity contribution in [1.82, 2.24) is 4.98 Å². The Morgan fingerprint density at radius 1 is 0.324 bits per heavy atom. The molecule has 0 atom stereocenters. The van der Waals surface area contributed by atoms with Gasteiger partial charge in [0.2, 0.25) is 0 Å². The van der Waals surface area contributed by atoms with Crippen molar-refractivity contribution in [2.45, 2.75) is 0 Å². The molecule has 0 aliphatic rings. The van der Waals surface area contributed by atoms with E-state index in [9.17, 15) is 0 Å². The Bertz CT molecular complexity index is 1830. The monoisotopic (exact) mass is 471 g/mol. The number of fused-ring (bicyclic) bond motifs is 3. The number of hydrogen-bond donors (Lipinski definition) is 1. The third-order valence-corrected chi connectivity index (χ3v) is 7.21. The fraction of sp³-hybridized carbons (Fsp3) is 0. The Morgan fingerprint density at radius 2 is 0.703 bits per heavy atom. The van der Waals surface area contributed by atoms with E-state index in [4.69, 9.17) is 0 Å². The zero-order chi connectivity index (χ0) is 24.6. The maximum atomic E-state index is 3.84. The van der Waals surface area contributed by atoms with Gasteiger partial charge in [0.15, 0.2) is 0 Å². The van der Waals surface area contributed by atoms with Crippen molar-refractivity contribution in [1.29, 1.82) is 0 Å². The number of hydrogen-bond acceptors (Lipinski definition) is 0. The number of H-pyrrole nitrogens is 1. The maximum Gasteiger partial charge on any atom is 0.0557 e. The third-order valence-electron chi connectivity index (χ3n) is 7.21. The van der Waals surface area contributed by atoms with E-state index in [1.54, 1.807) is 0 Å². The average molecular weight is 472 g/mol. The summed E-state index contributed by atoms with van der Waals surface area (Å²) in [5.41, 5.74) is 12.2. The Labute approximate surface area is 216 Å². The van der Waals surface area contributed by atoms with Crippen LogP contribution in [0, 0.1) is 0 Å². The average Bonchev–Trinajstić information content (AvgIpc) is 3.37. The summed E-state index contributed by atoms with van der Waals surface area (Å²) in [6, 6.07) is 52.0. The molecule has 1 aromatic heterocycles. The van der Waals surface area contributed by atoms with Gasteiger partial charge in [-0.15, -0.1) is 0 Å². The first-order valence-electron chi connectivity index (χ1n) is 12.7. The first-order valence-corrected chi connectivity index (χ1v) is 12.7. The van der Waals surface area contributed by atoms with Crippen LogP contribution < -0.4 is 0 Å². The lowest BCUT2D eigenvalue weighted by Crippen LogP contribution is -1.96. The fourth-order valence-electron chi connectivity index (χ4n) is 5.66. The highest BCUT2D eigenvalue weighted by Crippen LogP contribution is 2.52. The van der Waals surface area contributed by atoms with Crippen LogP contribution in [0.5, 0.6) is 0 Å². The molecule has 7 aromatic rings. The van der Waals surface area contributed by atoms with Crippen molar-refractivity contribution < 1.29 is 0 Å². The minimum atomic E-state index is 1.15. The normalized spacial score (nSPS) is 11.2. The topological polar surface area (TPSA) is 15.8 Å². The first kappa shape index (κ1) is 21.4. The van der Waals surface area contributed by atoms with Crippen LogP contribution in [0.15, 0.2) is 146 Å². The van der Waals surface area contributed by atoms with E-state index in [0.717, 1.165) is 5.52 Å².